The normalized spacial score (nSPS) is 26.0. The van der Waals surface area contributed by atoms with Gasteiger partial charge in [0.05, 0.1) is 16.8 Å². The Labute approximate surface area is 160 Å². The van der Waals surface area contributed by atoms with Gasteiger partial charge in [0.1, 0.15) is 5.41 Å². The summed E-state index contributed by atoms with van der Waals surface area (Å²) in [5, 5.41) is 18.7. The first kappa shape index (κ1) is 18.1. The van der Waals surface area contributed by atoms with Crippen LogP contribution in [0.25, 0.3) is 0 Å². The molecule has 2 aromatic rings. The number of rotatable bonds is 5. The molecule has 1 saturated carbocycles. The summed E-state index contributed by atoms with van der Waals surface area (Å²) >= 11 is 5.81. The van der Waals surface area contributed by atoms with Gasteiger partial charge in [0, 0.05) is 10.9 Å². The number of aliphatic hydroxyl groups is 1. The maximum absolute atomic E-state index is 13.1. The van der Waals surface area contributed by atoms with Crippen LogP contribution >= 0.6 is 11.6 Å². The molecule has 0 spiro atoms. The van der Waals surface area contributed by atoms with E-state index >= 15 is 0 Å². The highest BCUT2D eigenvalue weighted by Gasteiger charge is 2.75. The number of carboxylic acids is 1. The number of sulfone groups is 1. The van der Waals surface area contributed by atoms with Gasteiger partial charge in [-0.15, -0.1) is 0 Å². The van der Waals surface area contributed by atoms with E-state index in [1.807, 2.05) is 0 Å². The van der Waals surface area contributed by atoms with Gasteiger partial charge in [-0.1, -0.05) is 17.7 Å². The molecule has 1 heterocycles. The molecule has 7 nitrogen and oxygen atoms in total. The van der Waals surface area contributed by atoms with Gasteiger partial charge < -0.3 is 19.7 Å². The van der Waals surface area contributed by atoms with Crippen molar-refractivity contribution in [2.24, 2.45) is 5.41 Å². The van der Waals surface area contributed by atoms with Crippen LogP contribution in [0.3, 0.4) is 0 Å². The van der Waals surface area contributed by atoms with Crippen molar-refractivity contribution in [3.8, 4) is 11.5 Å². The van der Waals surface area contributed by atoms with Crippen LogP contribution in [0.1, 0.15) is 11.5 Å². The Morgan fingerprint density at radius 1 is 1.15 bits per heavy atom. The van der Waals surface area contributed by atoms with Gasteiger partial charge in [0.15, 0.2) is 21.3 Å². The molecule has 27 heavy (non-hydrogen) atoms. The predicted octanol–water partition coefficient (Wildman–Crippen LogP) is 2.07. The van der Waals surface area contributed by atoms with E-state index in [0.717, 1.165) is 0 Å². The Balaban J connectivity index is 1.80. The van der Waals surface area contributed by atoms with Gasteiger partial charge >= 0.3 is 5.97 Å². The third-order valence-electron chi connectivity index (χ3n) is 5.15. The summed E-state index contributed by atoms with van der Waals surface area (Å²) in [4.78, 5) is 11.9. The SMILES string of the molecule is O=C(O)[C@@]1(CO)[C@@H](c2ccc3c(c2)OCO3)[C@@H]1S(=O)(=O)c1ccc(Cl)cc1. The predicted molar refractivity (Wildman–Crippen MR) is 94.9 cm³/mol. The van der Waals surface area contributed by atoms with Gasteiger partial charge in [-0.25, -0.2) is 8.42 Å². The highest BCUT2D eigenvalue weighted by Crippen LogP contribution is 2.64. The van der Waals surface area contributed by atoms with Crippen LogP contribution in [0.15, 0.2) is 47.4 Å². The first-order valence-electron chi connectivity index (χ1n) is 8.05. The van der Waals surface area contributed by atoms with Crippen molar-refractivity contribution in [2.45, 2.75) is 16.1 Å². The minimum Gasteiger partial charge on any atom is -0.481 e. The topological polar surface area (TPSA) is 110 Å². The molecule has 1 aliphatic carbocycles. The number of hydrogen-bond acceptors (Lipinski definition) is 6. The lowest BCUT2D eigenvalue weighted by Crippen LogP contribution is -2.27. The molecular weight excluding hydrogens is 396 g/mol. The zero-order valence-corrected chi connectivity index (χ0v) is 15.4. The lowest BCUT2D eigenvalue weighted by molar-refractivity contribution is -0.145. The Bertz CT molecular complexity index is 1020. The van der Waals surface area contributed by atoms with E-state index in [9.17, 15) is 23.4 Å². The van der Waals surface area contributed by atoms with Gasteiger partial charge in [-0.2, -0.15) is 0 Å². The zero-order chi connectivity index (χ0) is 19.4. The Kier molecular flexibility index (Phi) is 4.10. The minimum atomic E-state index is -4.03. The quantitative estimate of drug-likeness (QED) is 0.776. The van der Waals surface area contributed by atoms with Crippen LogP contribution in [-0.2, 0) is 14.6 Å². The van der Waals surface area contributed by atoms with Crippen LogP contribution in [0.4, 0.5) is 0 Å². The largest absolute Gasteiger partial charge is 0.481 e. The van der Waals surface area contributed by atoms with Crippen LogP contribution in [0.2, 0.25) is 5.02 Å². The minimum absolute atomic E-state index is 0.0417. The van der Waals surface area contributed by atoms with Crippen molar-refractivity contribution in [3.05, 3.63) is 53.1 Å². The second-order valence-electron chi connectivity index (χ2n) is 6.51. The van der Waals surface area contributed by atoms with Crippen molar-refractivity contribution in [1.29, 1.82) is 0 Å². The zero-order valence-electron chi connectivity index (χ0n) is 13.8. The number of carbonyl (C=O) groups is 1. The summed E-state index contributed by atoms with van der Waals surface area (Å²) in [6, 6.07) is 10.3. The van der Waals surface area contributed by atoms with Crippen molar-refractivity contribution >= 4 is 27.4 Å². The maximum atomic E-state index is 13.1. The Hall–Kier alpha value is -2.29. The van der Waals surface area contributed by atoms with E-state index in [1.54, 1.807) is 18.2 Å². The second kappa shape index (κ2) is 6.12. The fourth-order valence-electron chi connectivity index (χ4n) is 3.72. The lowest BCUT2D eigenvalue weighted by Gasteiger charge is -2.09. The summed E-state index contributed by atoms with van der Waals surface area (Å²) < 4.78 is 36.8. The summed E-state index contributed by atoms with van der Waals surface area (Å²) in [7, 11) is -4.03. The number of benzene rings is 2. The van der Waals surface area contributed by atoms with Gasteiger partial charge in [0.2, 0.25) is 6.79 Å². The van der Waals surface area contributed by atoms with Crippen LogP contribution in [0, 0.1) is 5.41 Å². The van der Waals surface area contributed by atoms with E-state index in [1.165, 1.54) is 24.3 Å². The fraction of sp³-hybridized carbons (Fsp3) is 0.278. The highest BCUT2D eigenvalue weighted by molar-refractivity contribution is 7.92. The number of ether oxygens (including phenoxy) is 2. The first-order valence-corrected chi connectivity index (χ1v) is 9.98. The molecule has 0 bridgehead atoms. The van der Waals surface area contributed by atoms with Crippen LogP contribution in [0.5, 0.6) is 11.5 Å². The average molecular weight is 411 g/mol. The molecule has 142 valence electrons. The van der Waals surface area contributed by atoms with E-state index in [4.69, 9.17) is 21.1 Å². The van der Waals surface area contributed by atoms with E-state index in [2.05, 4.69) is 0 Å². The molecule has 2 N–H and O–H groups in total. The van der Waals surface area contributed by atoms with Crippen molar-refractivity contribution in [2.75, 3.05) is 13.4 Å². The number of aliphatic hydroxyl groups excluding tert-OH is 1. The Morgan fingerprint density at radius 3 is 2.44 bits per heavy atom. The fourth-order valence-corrected chi connectivity index (χ4v) is 6.21. The number of aliphatic carboxylic acids is 1. The maximum Gasteiger partial charge on any atom is 0.314 e. The lowest BCUT2D eigenvalue weighted by atomic mass is 10.00. The summed E-state index contributed by atoms with van der Waals surface area (Å²) in [5.74, 6) is -1.37. The van der Waals surface area contributed by atoms with E-state index in [-0.39, 0.29) is 11.7 Å². The third-order valence-corrected chi connectivity index (χ3v) is 7.69. The molecule has 2 aromatic carbocycles. The molecule has 0 aromatic heterocycles. The molecule has 3 atom stereocenters. The third kappa shape index (κ3) is 2.59. The molecule has 0 radical (unpaired) electrons. The molecule has 0 amide bonds. The molecule has 1 aliphatic heterocycles. The highest BCUT2D eigenvalue weighted by atomic mass is 35.5. The van der Waals surface area contributed by atoms with E-state index in [0.29, 0.717) is 22.1 Å². The van der Waals surface area contributed by atoms with Gasteiger partial charge in [-0.3, -0.25) is 4.79 Å². The smallest absolute Gasteiger partial charge is 0.314 e. The Morgan fingerprint density at radius 2 is 1.81 bits per heavy atom. The molecule has 2 aliphatic rings. The molecule has 0 saturated heterocycles. The molecule has 1 fully saturated rings. The van der Waals surface area contributed by atoms with Gasteiger partial charge in [0.25, 0.3) is 0 Å². The molecule has 9 heteroatoms. The molecule has 0 unspecified atom stereocenters. The van der Waals surface area contributed by atoms with Crippen molar-refractivity contribution in [3.63, 3.8) is 0 Å². The average Bonchev–Trinajstić information content (AvgIpc) is 3.15. The monoisotopic (exact) mass is 410 g/mol. The second-order valence-corrected chi connectivity index (χ2v) is 9.02. The number of carboxylic acid groups (broad SMARTS) is 1. The number of fused-ring (bicyclic) bond motifs is 1. The number of hydrogen-bond donors (Lipinski definition) is 2. The first-order chi connectivity index (χ1) is 12.8. The molecule has 4 rings (SSSR count). The summed E-state index contributed by atoms with van der Waals surface area (Å²) in [6.45, 7) is -0.765. The van der Waals surface area contributed by atoms with Crippen molar-refractivity contribution in [1.82, 2.24) is 0 Å². The van der Waals surface area contributed by atoms with Crippen LogP contribution in [-0.4, -0.2) is 43.2 Å². The molecular formula is C18H15ClO7S. The van der Waals surface area contributed by atoms with E-state index < -0.39 is 39.0 Å². The summed E-state index contributed by atoms with van der Waals surface area (Å²) in [6.07, 6.45) is 0. The standard InChI is InChI=1S/C18H15ClO7S/c19-11-2-4-12(5-3-11)27(23,24)16-15(18(16,8-20)17(21)22)10-1-6-13-14(7-10)26-9-25-13/h1-7,15-16,20H,8-9H2,(H,21,22)/t15-,16-,18-/m0/s1. The van der Waals surface area contributed by atoms with Gasteiger partial charge in [-0.05, 0) is 42.0 Å². The number of halogens is 1. The van der Waals surface area contributed by atoms with Crippen LogP contribution < -0.4 is 9.47 Å². The summed E-state index contributed by atoms with van der Waals surface area (Å²) in [5.41, 5.74) is -1.37. The van der Waals surface area contributed by atoms with Crippen molar-refractivity contribution < 1.29 is 32.9 Å².